The average molecular weight is 241 g/mol. The molecule has 4 heteroatoms. The fourth-order valence-electron chi connectivity index (χ4n) is 2.18. The Morgan fingerprint density at radius 1 is 1.44 bits per heavy atom. The van der Waals surface area contributed by atoms with Crippen LogP contribution in [0.5, 0.6) is 0 Å². The molecule has 0 spiro atoms. The molecular formula is C12H17ClN2O. The quantitative estimate of drug-likeness (QED) is 0.879. The third kappa shape index (κ3) is 2.94. The van der Waals surface area contributed by atoms with E-state index in [1.165, 1.54) is 12.8 Å². The highest BCUT2D eigenvalue weighted by Crippen LogP contribution is 2.19. The van der Waals surface area contributed by atoms with E-state index in [1.54, 1.807) is 6.20 Å². The van der Waals surface area contributed by atoms with Crippen LogP contribution in [0.2, 0.25) is 5.02 Å². The molecule has 0 bridgehead atoms. The summed E-state index contributed by atoms with van der Waals surface area (Å²) in [6.45, 7) is 2.10. The molecule has 1 saturated heterocycles. The highest BCUT2D eigenvalue weighted by Gasteiger charge is 2.21. The van der Waals surface area contributed by atoms with E-state index >= 15 is 0 Å². The van der Waals surface area contributed by atoms with Gasteiger partial charge in [0, 0.05) is 18.8 Å². The highest BCUT2D eigenvalue weighted by atomic mass is 35.5. The lowest BCUT2D eigenvalue weighted by Gasteiger charge is -2.34. The third-order valence-corrected chi connectivity index (χ3v) is 3.34. The van der Waals surface area contributed by atoms with E-state index in [0.717, 1.165) is 25.2 Å². The second-order valence-electron chi connectivity index (χ2n) is 4.27. The molecule has 1 atom stereocenters. The Bertz CT molecular complexity index is 328. The summed E-state index contributed by atoms with van der Waals surface area (Å²) in [6, 6.07) is 4.11. The van der Waals surface area contributed by atoms with Gasteiger partial charge in [-0.2, -0.15) is 0 Å². The van der Waals surface area contributed by atoms with Gasteiger partial charge in [-0.25, -0.2) is 0 Å². The zero-order valence-electron chi connectivity index (χ0n) is 9.27. The predicted molar refractivity (Wildman–Crippen MR) is 64.4 cm³/mol. The Kier molecular flexibility index (Phi) is 4.16. The van der Waals surface area contributed by atoms with Gasteiger partial charge < -0.3 is 5.11 Å². The average Bonchev–Trinajstić information content (AvgIpc) is 2.33. The molecule has 1 aromatic heterocycles. The van der Waals surface area contributed by atoms with Gasteiger partial charge in [-0.1, -0.05) is 18.0 Å². The van der Waals surface area contributed by atoms with Gasteiger partial charge in [0.2, 0.25) is 0 Å². The molecule has 1 N–H and O–H groups in total. The molecule has 2 rings (SSSR count). The largest absolute Gasteiger partial charge is 0.395 e. The van der Waals surface area contributed by atoms with Crippen LogP contribution >= 0.6 is 11.6 Å². The van der Waals surface area contributed by atoms with E-state index in [4.69, 9.17) is 11.6 Å². The van der Waals surface area contributed by atoms with Gasteiger partial charge in [-0.15, -0.1) is 0 Å². The molecule has 0 unspecified atom stereocenters. The predicted octanol–water partition coefficient (Wildman–Crippen LogP) is 2.08. The molecular weight excluding hydrogens is 224 g/mol. The fourth-order valence-corrected chi connectivity index (χ4v) is 2.29. The first kappa shape index (κ1) is 11.8. The van der Waals surface area contributed by atoms with Crippen LogP contribution in [0, 0.1) is 0 Å². The van der Waals surface area contributed by atoms with Crippen LogP contribution in [0.1, 0.15) is 25.0 Å². The number of aromatic nitrogens is 1. The molecule has 1 aliphatic rings. The van der Waals surface area contributed by atoms with Gasteiger partial charge in [0.15, 0.2) is 0 Å². The van der Waals surface area contributed by atoms with Crippen molar-refractivity contribution in [1.29, 1.82) is 0 Å². The topological polar surface area (TPSA) is 36.4 Å². The summed E-state index contributed by atoms with van der Waals surface area (Å²) in [7, 11) is 0. The number of piperidine rings is 1. The SMILES string of the molecule is OC[C@H]1CCCCN1Cc1ccc(Cl)cn1. The third-order valence-electron chi connectivity index (χ3n) is 3.11. The normalized spacial score (nSPS) is 22.2. The summed E-state index contributed by atoms with van der Waals surface area (Å²) < 4.78 is 0. The Morgan fingerprint density at radius 3 is 3.00 bits per heavy atom. The van der Waals surface area contributed by atoms with Crippen molar-refractivity contribution in [1.82, 2.24) is 9.88 Å². The Hall–Kier alpha value is -0.640. The summed E-state index contributed by atoms with van der Waals surface area (Å²) >= 11 is 5.79. The monoisotopic (exact) mass is 240 g/mol. The van der Waals surface area contributed by atoms with Crippen molar-refractivity contribution >= 4 is 11.6 Å². The summed E-state index contributed by atoms with van der Waals surface area (Å²) in [4.78, 5) is 6.59. The van der Waals surface area contributed by atoms with Crippen LogP contribution in [0.3, 0.4) is 0 Å². The number of hydrogen-bond acceptors (Lipinski definition) is 3. The van der Waals surface area contributed by atoms with E-state index in [1.807, 2.05) is 12.1 Å². The maximum Gasteiger partial charge on any atom is 0.0589 e. The maximum absolute atomic E-state index is 9.30. The van der Waals surface area contributed by atoms with Gasteiger partial charge in [-0.05, 0) is 31.5 Å². The summed E-state index contributed by atoms with van der Waals surface area (Å²) in [6.07, 6.45) is 5.19. The van der Waals surface area contributed by atoms with Crippen LogP contribution in [0.4, 0.5) is 0 Å². The van der Waals surface area contributed by atoms with E-state index < -0.39 is 0 Å². The number of likely N-dealkylation sites (tertiary alicyclic amines) is 1. The molecule has 0 radical (unpaired) electrons. The van der Waals surface area contributed by atoms with Crippen molar-refractivity contribution in [2.45, 2.75) is 31.8 Å². The lowest BCUT2D eigenvalue weighted by atomic mass is 10.0. The zero-order chi connectivity index (χ0) is 11.4. The molecule has 0 saturated carbocycles. The number of hydrogen-bond donors (Lipinski definition) is 1. The van der Waals surface area contributed by atoms with E-state index in [2.05, 4.69) is 9.88 Å². The zero-order valence-corrected chi connectivity index (χ0v) is 10.0. The number of aliphatic hydroxyl groups is 1. The first-order valence-electron chi connectivity index (χ1n) is 5.75. The summed E-state index contributed by atoms with van der Waals surface area (Å²) in [5, 5.41) is 9.97. The van der Waals surface area contributed by atoms with Crippen LogP contribution in [-0.2, 0) is 6.54 Å². The molecule has 1 fully saturated rings. The molecule has 16 heavy (non-hydrogen) atoms. The van der Waals surface area contributed by atoms with Crippen molar-refractivity contribution in [2.75, 3.05) is 13.2 Å². The molecule has 0 aromatic carbocycles. The van der Waals surface area contributed by atoms with Crippen molar-refractivity contribution in [3.8, 4) is 0 Å². The van der Waals surface area contributed by atoms with Gasteiger partial charge in [0.25, 0.3) is 0 Å². The van der Waals surface area contributed by atoms with Gasteiger partial charge in [-0.3, -0.25) is 9.88 Å². The Labute approximate surface area is 101 Å². The minimum atomic E-state index is 0.244. The number of halogens is 1. The minimum Gasteiger partial charge on any atom is -0.395 e. The molecule has 1 aliphatic heterocycles. The molecule has 3 nitrogen and oxygen atoms in total. The maximum atomic E-state index is 9.30. The number of nitrogens with zero attached hydrogens (tertiary/aromatic N) is 2. The minimum absolute atomic E-state index is 0.244. The standard InChI is InChI=1S/C12H17ClN2O/c13-10-4-5-11(14-7-10)8-15-6-2-1-3-12(15)9-16/h4-5,7,12,16H,1-3,6,8-9H2/t12-/m1/s1. The van der Waals surface area contributed by atoms with Crippen LogP contribution in [-0.4, -0.2) is 34.2 Å². The van der Waals surface area contributed by atoms with Crippen LogP contribution in [0.15, 0.2) is 18.3 Å². The van der Waals surface area contributed by atoms with Crippen LogP contribution in [0.25, 0.3) is 0 Å². The first-order valence-corrected chi connectivity index (χ1v) is 6.13. The Balaban J connectivity index is 1.99. The van der Waals surface area contributed by atoms with Crippen molar-refractivity contribution in [2.24, 2.45) is 0 Å². The lowest BCUT2D eigenvalue weighted by Crippen LogP contribution is -2.41. The number of rotatable bonds is 3. The number of pyridine rings is 1. The van der Waals surface area contributed by atoms with Gasteiger partial charge in [0.05, 0.1) is 17.3 Å². The first-order chi connectivity index (χ1) is 7.79. The summed E-state index contributed by atoms with van der Waals surface area (Å²) in [5.74, 6) is 0. The molecule has 1 aromatic rings. The van der Waals surface area contributed by atoms with Gasteiger partial charge in [0.1, 0.15) is 0 Å². The van der Waals surface area contributed by atoms with Crippen molar-refractivity contribution < 1.29 is 5.11 Å². The molecule has 2 heterocycles. The van der Waals surface area contributed by atoms with Crippen LogP contribution < -0.4 is 0 Å². The molecule has 88 valence electrons. The van der Waals surface area contributed by atoms with E-state index in [0.29, 0.717) is 11.1 Å². The van der Waals surface area contributed by atoms with Crippen molar-refractivity contribution in [3.05, 3.63) is 29.0 Å². The molecule has 0 amide bonds. The Morgan fingerprint density at radius 2 is 2.31 bits per heavy atom. The molecule has 0 aliphatic carbocycles. The highest BCUT2D eigenvalue weighted by molar-refractivity contribution is 6.30. The smallest absolute Gasteiger partial charge is 0.0589 e. The second kappa shape index (κ2) is 5.62. The second-order valence-corrected chi connectivity index (χ2v) is 4.71. The summed E-state index contributed by atoms with van der Waals surface area (Å²) in [5.41, 5.74) is 1.02. The van der Waals surface area contributed by atoms with E-state index in [-0.39, 0.29) is 6.61 Å². The van der Waals surface area contributed by atoms with E-state index in [9.17, 15) is 5.11 Å². The number of aliphatic hydroxyl groups excluding tert-OH is 1. The van der Waals surface area contributed by atoms with Gasteiger partial charge >= 0.3 is 0 Å². The fraction of sp³-hybridized carbons (Fsp3) is 0.583. The van der Waals surface area contributed by atoms with Crippen molar-refractivity contribution in [3.63, 3.8) is 0 Å². The lowest BCUT2D eigenvalue weighted by molar-refractivity contribution is 0.0831.